The highest BCUT2D eigenvalue weighted by Crippen LogP contribution is 2.23. The Hall–Kier alpha value is -0.790. The summed E-state index contributed by atoms with van der Waals surface area (Å²) in [6, 6.07) is 0.462. The molecule has 16 heavy (non-hydrogen) atoms. The normalized spacial score (nSPS) is 24.0. The lowest BCUT2D eigenvalue weighted by Crippen LogP contribution is -2.35. The van der Waals surface area contributed by atoms with Crippen LogP contribution in [0.2, 0.25) is 0 Å². The van der Waals surface area contributed by atoms with E-state index >= 15 is 0 Å². The van der Waals surface area contributed by atoms with Crippen molar-refractivity contribution in [2.45, 2.75) is 65.8 Å². The molecule has 0 aromatic heterocycles. The molecule has 2 heteroatoms. The molecule has 0 aromatic rings. The molecule has 0 unspecified atom stereocenters. The number of carbonyl (C=O) groups excluding carboxylic acids is 1. The van der Waals surface area contributed by atoms with Crippen molar-refractivity contribution in [3.8, 4) is 0 Å². The van der Waals surface area contributed by atoms with E-state index in [9.17, 15) is 4.79 Å². The molecule has 1 N–H and O–H groups in total. The highest BCUT2D eigenvalue weighted by Gasteiger charge is 2.17. The summed E-state index contributed by atoms with van der Waals surface area (Å²) < 4.78 is 0. The van der Waals surface area contributed by atoms with Crippen LogP contribution in [0.4, 0.5) is 0 Å². The van der Waals surface area contributed by atoms with Crippen molar-refractivity contribution in [1.82, 2.24) is 5.32 Å². The van der Waals surface area contributed by atoms with Crippen LogP contribution in [0.25, 0.3) is 0 Å². The van der Waals surface area contributed by atoms with Gasteiger partial charge in [0.25, 0.3) is 0 Å². The first-order chi connectivity index (χ1) is 7.45. The van der Waals surface area contributed by atoms with E-state index in [2.05, 4.69) is 25.7 Å². The number of hydrogen-bond donors (Lipinski definition) is 1. The summed E-state index contributed by atoms with van der Waals surface area (Å²) in [5, 5.41) is 2.96. The molecular formula is C14H27NO. The van der Waals surface area contributed by atoms with Crippen molar-refractivity contribution in [2.24, 2.45) is 5.92 Å². The highest BCUT2D eigenvalue weighted by atomic mass is 16.1. The van der Waals surface area contributed by atoms with Gasteiger partial charge in [0.1, 0.15) is 0 Å². The van der Waals surface area contributed by atoms with Gasteiger partial charge in [-0.1, -0.05) is 19.4 Å². The van der Waals surface area contributed by atoms with Crippen molar-refractivity contribution < 1.29 is 4.79 Å². The lowest BCUT2D eigenvalue weighted by atomic mass is 9.87. The van der Waals surface area contributed by atoms with Gasteiger partial charge in [-0.05, 0) is 44.9 Å². The Bertz CT molecular complexity index is 215. The summed E-state index contributed by atoms with van der Waals surface area (Å²) >= 11 is 0. The molecule has 1 amide bonds. The molecule has 0 atom stereocenters. The lowest BCUT2D eigenvalue weighted by Gasteiger charge is -2.26. The fourth-order valence-electron chi connectivity index (χ4n) is 1.69. The Morgan fingerprint density at radius 1 is 1.25 bits per heavy atom. The number of rotatable bonds is 2. The van der Waals surface area contributed by atoms with Gasteiger partial charge in [-0.3, -0.25) is 4.79 Å². The van der Waals surface area contributed by atoms with Crippen LogP contribution in [0.15, 0.2) is 12.2 Å². The fraction of sp³-hybridized carbons (Fsp3) is 0.786. The van der Waals surface area contributed by atoms with Crippen LogP contribution in [-0.2, 0) is 4.79 Å². The molecule has 1 fully saturated rings. The van der Waals surface area contributed by atoms with Crippen LogP contribution in [0.5, 0.6) is 0 Å². The molecule has 0 heterocycles. The quantitative estimate of drug-likeness (QED) is 0.714. The molecule has 0 radical (unpaired) electrons. The molecule has 1 aliphatic carbocycles. The van der Waals surface area contributed by atoms with E-state index < -0.39 is 0 Å². The van der Waals surface area contributed by atoms with Crippen molar-refractivity contribution >= 4 is 5.91 Å². The Morgan fingerprint density at radius 2 is 1.69 bits per heavy atom. The van der Waals surface area contributed by atoms with Crippen molar-refractivity contribution in [3.63, 3.8) is 0 Å². The first-order valence-corrected chi connectivity index (χ1v) is 6.37. The molecule has 0 aromatic carbocycles. The monoisotopic (exact) mass is 225 g/mol. The van der Waals surface area contributed by atoms with E-state index in [0.29, 0.717) is 6.04 Å². The van der Waals surface area contributed by atoms with Crippen LogP contribution in [0, 0.1) is 5.92 Å². The van der Waals surface area contributed by atoms with Gasteiger partial charge in [-0.15, -0.1) is 6.58 Å². The topological polar surface area (TPSA) is 29.1 Å². The third-order valence-corrected chi connectivity index (χ3v) is 3.03. The zero-order valence-electron chi connectivity index (χ0n) is 11.3. The second-order valence-corrected chi connectivity index (χ2v) is 4.97. The van der Waals surface area contributed by atoms with E-state index in [1.807, 2.05) is 6.92 Å². The minimum Gasteiger partial charge on any atom is -0.354 e. The third kappa shape index (κ3) is 8.51. The molecule has 0 aliphatic heterocycles. The van der Waals surface area contributed by atoms with E-state index in [1.54, 1.807) is 6.92 Å². The Kier molecular flexibility index (Phi) is 7.96. The lowest BCUT2D eigenvalue weighted by molar-refractivity contribution is -0.119. The maximum Gasteiger partial charge on any atom is 0.217 e. The average Bonchev–Trinajstić information content (AvgIpc) is 2.22. The van der Waals surface area contributed by atoms with Crippen LogP contribution in [-0.4, -0.2) is 11.9 Å². The molecule has 1 saturated carbocycles. The van der Waals surface area contributed by atoms with Crippen LogP contribution < -0.4 is 5.32 Å². The van der Waals surface area contributed by atoms with Gasteiger partial charge in [0, 0.05) is 13.0 Å². The maximum absolute atomic E-state index is 10.7. The first kappa shape index (κ1) is 15.2. The minimum atomic E-state index is 0.115. The summed E-state index contributed by atoms with van der Waals surface area (Å²) in [5.41, 5.74) is 1.25. The number of amides is 1. The second kappa shape index (κ2) is 8.37. The van der Waals surface area contributed by atoms with E-state index in [-0.39, 0.29) is 5.91 Å². The SMILES string of the molecule is C=C(C)CC.CC(=O)NC1CCC(C)CC1. The molecule has 0 bridgehead atoms. The van der Waals surface area contributed by atoms with Gasteiger partial charge in [0.2, 0.25) is 5.91 Å². The molecule has 1 rings (SSSR count). The average molecular weight is 225 g/mol. The Morgan fingerprint density at radius 3 is 2.00 bits per heavy atom. The largest absolute Gasteiger partial charge is 0.354 e. The fourth-order valence-corrected chi connectivity index (χ4v) is 1.69. The third-order valence-electron chi connectivity index (χ3n) is 3.03. The standard InChI is InChI=1S/C9H17NO.C5H10/c1-7-3-5-9(6-4-7)10-8(2)11;1-4-5(2)3/h7,9H,3-6H2,1-2H3,(H,10,11);2,4H2,1,3H3. The maximum atomic E-state index is 10.7. The van der Waals surface area contributed by atoms with Crippen LogP contribution in [0.3, 0.4) is 0 Å². The number of hydrogen-bond acceptors (Lipinski definition) is 1. The summed E-state index contributed by atoms with van der Waals surface area (Å²) in [4.78, 5) is 10.7. The van der Waals surface area contributed by atoms with Crippen LogP contribution in [0.1, 0.15) is 59.8 Å². The smallest absolute Gasteiger partial charge is 0.217 e. The molecule has 0 spiro atoms. The van der Waals surface area contributed by atoms with Crippen molar-refractivity contribution in [2.75, 3.05) is 0 Å². The second-order valence-electron chi connectivity index (χ2n) is 4.97. The zero-order valence-corrected chi connectivity index (χ0v) is 11.3. The zero-order chi connectivity index (χ0) is 12.6. The molecule has 94 valence electrons. The summed E-state index contributed by atoms with van der Waals surface area (Å²) in [7, 11) is 0. The molecule has 1 aliphatic rings. The van der Waals surface area contributed by atoms with E-state index in [1.165, 1.54) is 31.3 Å². The van der Waals surface area contributed by atoms with Gasteiger partial charge >= 0.3 is 0 Å². The predicted molar refractivity (Wildman–Crippen MR) is 70.3 cm³/mol. The van der Waals surface area contributed by atoms with Gasteiger partial charge in [-0.25, -0.2) is 0 Å². The van der Waals surface area contributed by atoms with Gasteiger partial charge < -0.3 is 5.32 Å². The number of allylic oxidation sites excluding steroid dienone is 1. The van der Waals surface area contributed by atoms with Crippen LogP contribution >= 0.6 is 0 Å². The summed E-state index contributed by atoms with van der Waals surface area (Å²) in [5.74, 6) is 0.976. The van der Waals surface area contributed by atoms with Gasteiger partial charge in [0.05, 0.1) is 0 Å². The summed E-state index contributed by atoms with van der Waals surface area (Å²) in [6.45, 7) is 11.7. The Balaban J connectivity index is 0.000000385. The van der Waals surface area contributed by atoms with E-state index in [4.69, 9.17) is 0 Å². The first-order valence-electron chi connectivity index (χ1n) is 6.37. The summed E-state index contributed by atoms with van der Waals surface area (Å²) in [6.07, 6.45) is 5.98. The Labute approximate surface area is 101 Å². The van der Waals surface area contributed by atoms with Crippen molar-refractivity contribution in [1.29, 1.82) is 0 Å². The highest BCUT2D eigenvalue weighted by molar-refractivity contribution is 5.73. The van der Waals surface area contributed by atoms with Gasteiger partial charge in [-0.2, -0.15) is 0 Å². The number of carbonyl (C=O) groups is 1. The van der Waals surface area contributed by atoms with Crippen molar-refractivity contribution in [3.05, 3.63) is 12.2 Å². The number of nitrogens with one attached hydrogen (secondary N) is 1. The molecule has 0 saturated heterocycles. The van der Waals surface area contributed by atoms with Gasteiger partial charge in [0.15, 0.2) is 0 Å². The van der Waals surface area contributed by atoms with E-state index in [0.717, 1.165) is 12.3 Å². The minimum absolute atomic E-state index is 0.115. The molecular weight excluding hydrogens is 198 g/mol. The predicted octanol–water partition coefficient (Wildman–Crippen LogP) is 3.67. The molecule has 2 nitrogen and oxygen atoms in total.